The number of rotatable bonds is 2. The molecule has 0 fully saturated rings. The van der Waals surface area contributed by atoms with Gasteiger partial charge >= 0.3 is 10.5 Å². The second-order valence-electron chi connectivity index (χ2n) is 1.79. The quantitative estimate of drug-likeness (QED) is 0.701. The van der Waals surface area contributed by atoms with Crippen LogP contribution >= 0.6 is 12.4 Å². The lowest BCUT2D eigenvalue weighted by molar-refractivity contribution is 0.440. The Morgan fingerprint density at radius 2 is 1.67 bits per heavy atom. The fourth-order valence-corrected chi connectivity index (χ4v) is 0.932. The van der Waals surface area contributed by atoms with Gasteiger partial charge in [0.25, 0.3) is 0 Å². The van der Waals surface area contributed by atoms with Gasteiger partial charge in [-0.05, 0) is 12.1 Å². The smallest absolute Gasteiger partial charge is 0.358 e. The molecular weight excluding hydrogens is 207 g/mol. The molecule has 1 aromatic carbocycles. The van der Waals surface area contributed by atoms with E-state index >= 15 is 0 Å². The minimum atomic E-state index is -4.88. The molecule has 0 spiro atoms. The summed E-state index contributed by atoms with van der Waals surface area (Å²) < 4.78 is 35.6. The molecule has 1 rings (SSSR count). The van der Waals surface area contributed by atoms with E-state index in [-0.39, 0.29) is 18.2 Å². The molecule has 0 aliphatic rings. The zero-order valence-corrected chi connectivity index (χ0v) is 7.44. The second-order valence-corrected chi connectivity index (χ2v) is 2.74. The Kier molecular flexibility index (Phi) is 3.99. The lowest BCUT2D eigenvalue weighted by Gasteiger charge is -1.96. The topological polar surface area (TPSA) is 43.4 Å². The first-order valence-electron chi connectivity index (χ1n) is 2.77. The number of benzene rings is 1. The lowest BCUT2D eigenvalue weighted by atomic mass is 10.3. The third-order valence-corrected chi connectivity index (χ3v) is 1.33. The van der Waals surface area contributed by atoms with Crippen LogP contribution in [0.1, 0.15) is 0 Å². The highest BCUT2D eigenvalue weighted by molar-refractivity contribution is 7.81. The van der Waals surface area contributed by atoms with Gasteiger partial charge in [-0.1, -0.05) is 22.1 Å². The highest BCUT2D eigenvalue weighted by Crippen LogP contribution is 2.11. The molecule has 0 aliphatic heterocycles. The van der Waals surface area contributed by atoms with Gasteiger partial charge in [0, 0.05) is 0 Å². The predicted octanol–water partition coefficient (Wildman–Crippen LogP) is 1.70. The first-order valence-corrected chi connectivity index (χ1v) is 4.08. The number of halogens is 2. The van der Waals surface area contributed by atoms with E-state index in [1.54, 1.807) is 18.2 Å². The van der Waals surface area contributed by atoms with Gasteiger partial charge in [-0.25, -0.2) is 0 Å². The SMILES string of the molecule is Cl.O=S(=O)(F)Oc1ccccc1. The number of hydrogen-bond acceptors (Lipinski definition) is 3. The van der Waals surface area contributed by atoms with E-state index in [9.17, 15) is 12.3 Å². The summed E-state index contributed by atoms with van der Waals surface area (Å²) in [4.78, 5) is 0. The van der Waals surface area contributed by atoms with E-state index in [2.05, 4.69) is 4.18 Å². The van der Waals surface area contributed by atoms with Crippen molar-refractivity contribution in [1.82, 2.24) is 0 Å². The van der Waals surface area contributed by atoms with Gasteiger partial charge < -0.3 is 4.18 Å². The fourth-order valence-electron chi connectivity index (χ4n) is 0.591. The van der Waals surface area contributed by atoms with Crippen molar-refractivity contribution in [3.05, 3.63) is 30.3 Å². The van der Waals surface area contributed by atoms with Crippen LogP contribution in [0.3, 0.4) is 0 Å². The Hall–Kier alpha value is -0.810. The molecule has 0 unspecified atom stereocenters. The Bertz CT molecular complexity index is 324. The standard InChI is InChI=1S/C6H5FO3S.ClH/c7-11(8,9)10-6-4-2-1-3-5-6;/h1-5H;1H. The van der Waals surface area contributed by atoms with E-state index in [4.69, 9.17) is 0 Å². The van der Waals surface area contributed by atoms with Crippen LogP contribution in [0, 0.1) is 0 Å². The maximum absolute atomic E-state index is 11.8. The molecule has 6 heteroatoms. The molecule has 0 radical (unpaired) electrons. The minimum Gasteiger partial charge on any atom is -0.358 e. The van der Waals surface area contributed by atoms with Crippen LogP contribution in [-0.4, -0.2) is 8.42 Å². The van der Waals surface area contributed by atoms with Crippen LogP contribution in [0.15, 0.2) is 30.3 Å². The molecule has 0 heterocycles. The second kappa shape index (κ2) is 4.27. The third kappa shape index (κ3) is 4.15. The van der Waals surface area contributed by atoms with Gasteiger partial charge in [0.1, 0.15) is 5.75 Å². The Morgan fingerprint density at radius 3 is 2.08 bits per heavy atom. The molecular formula is C6H6ClFO3S. The number of hydrogen-bond donors (Lipinski definition) is 0. The highest BCUT2D eigenvalue weighted by atomic mass is 35.5. The molecule has 0 amide bonds. The molecule has 0 saturated carbocycles. The van der Waals surface area contributed by atoms with Gasteiger partial charge in [-0.3, -0.25) is 0 Å². The Labute approximate surface area is 76.0 Å². The summed E-state index contributed by atoms with van der Waals surface area (Å²) in [5.74, 6) is -0.0324. The van der Waals surface area contributed by atoms with E-state index < -0.39 is 10.5 Å². The van der Waals surface area contributed by atoms with Crippen LogP contribution in [0.2, 0.25) is 0 Å². The Morgan fingerprint density at radius 1 is 1.17 bits per heavy atom. The summed E-state index contributed by atoms with van der Waals surface area (Å²) in [5.41, 5.74) is 0. The van der Waals surface area contributed by atoms with Crippen LogP contribution in [0.5, 0.6) is 5.75 Å². The summed E-state index contributed by atoms with van der Waals surface area (Å²) in [6.07, 6.45) is 0. The molecule has 68 valence electrons. The van der Waals surface area contributed by atoms with E-state index in [1.165, 1.54) is 12.1 Å². The van der Waals surface area contributed by atoms with Gasteiger partial charge in [0.2, 0.25) is 0 Å². The summed E-state index contributed by atoms with van der Waals surface area (Å²) >= 11 is 0. The van der Waals surface area contributed by atoms with Gasteiger partial charge in [0.15, 0.2) is 0 Å². The average Bonchev–Trinajstić information content (AvgIpc) is 1.85. The summed E-state index contributed by atoms with van der Waals surface area (Å²) in [7, 11) is -4.88. The van der Waals surface area contributed by atoms with Gasteiger partial charge in [0.05, 0.1) is 0 Å². The molecule has 0 aliphatic carbocycles. The average molecular weight is 213 g/mol. The normalized spacial score (nSPS) is 10.1. The first kappa shape index (κ1) is 11.2. The van der Waals surface area contributed by atoms with Crippen LogP contribution in [0.25, 0.3) is 0 Å². The minimum absolute atomic E-state index is 0. The monoisotopic (exact) mass is 212 g/mol. The van der Waals surface area contributed by atoms with E-state index in [0.717, 1.165) is 0 Å². The summed E-state index contributed by atoms with van der Waals surface area (Å²) in [5, 5.41) is 0. The highest BCUT2D eigenvalue weighted by Gasteiger charge is 2.07. The predicted molar refractivity (Wildman–Crippen MR) is 44.3 cm³/mol. The van der Waals surface area contributed by atoms with Crippen LogP contribution in [0.4, 0.5) is 3.89 Å². The molecule has 1 aromatic rings. The Balaban J connectivity index is 0.00000121. The van der Waals surface area contributed by atoms with Crippen molar-refractivity contribution in [1.29, 1.82) is 0 Å². The van der Waals surface area contributed by atoms with Crippen molar-refractivity contribution in [2.75, 3.05) is 0 Å². The largest absolute Gasteiger partial charge is 0.488 e. The summed E-state index contributed by atoms with van der Waals surface area (Å²) in [6, 6.07) is 7.44. The first-order chi connectivity index (χ1) is 5.08. The van der Waals surface area contributed by atoms with E-state index in [1.807, 2.05) is 0 Å². The zero-order valence-electron chi connectivity index (χ0n) is 5.81. The molecule has 0 saturated heterocycles. The fraction of sp³-hybridized carbons (Fsp3) is 0. The van der Waals surface area contributed by atoms with Crippen molar-refractivity contribution in [2.45, 2.75) is 0 Å². The van der Waals surface area contributed by atoms with Gasteiger partial charge in [-0.2, -0.15) is 8.42 Å². The maximum Gasteiger partial charge on any atom is 0.488 e. The zero-order chi connectivity index (χ0) is 8.32. The van der Waals surface area contributed by atoms with Crippen molar-refractivity contribution in [2.24, 2.45) is 0 Å². The molecule has 3 nitrogen and oxygen atoms in total. The maximum atomic E-state index is 11.8. The molecule has 0 N–H and O–H groups in total. The summed E-state index contributed by atoms with van der Waals surface area (Å²) in [6.45, 7) is 0. The van der Waals surface area contributed by atoms with Crippen molar-refractivity contribution < 1.29 is 16.5 Å². The van der Waals surface area contributed by atoms with Crippen LogP contribution < -0.4 is 4.18 Å². The molecule has 12 heavy (non-hydrogen) atoms. The molecule has 0 aromatic heterocycles. The van der Waals surface area contributed by atoms with Crippen LogP contribution in [-0.2, 0) is 10.5 Å². The number of para-hydroxylation sites is 1. The molecule has 0 bridgehead atoms. The third-order valence-electron chi connectivity index (χ3n) is 0.939. The van der Waals surface area contributed by atoms with E-state index in [0.29, 0.717) is 0 Å². The lowest BCUT2D eigenvalue weighted by Crippen LogP contribution is -2.00. The molecule has 0 atom stereocenters. The van der Waals surface area contributed by atoms with Gasteiger partial charge in [-0.15, -0.1) is 12.4 Å². The van der Waals surface area contributed by atoms with Crippen molar-refractivity contribution >= 4 is 22.9 Å². The van der Waals surface area contributed by atoms with Crippen molar-refractivity contribution in [3.63, 3.8) is 0 Å². The van der Waals surface area contributed by atoms with Crippen molar-refractivity contribution in [3.8, 4) is 5.75 Å².